The van der Waals surface area contributed by atoms with E-state index in [0.29, 0.717) is 13.1 Å². The molecule has 0 aliphatic carbocycles. The third-order valence-corrected chi connectivity index (χ3v) is 1.08. The molecule has 7 heavy (non-hydrogen) atoms. The summed E-state index contributed by atoms with van der Waals surface area (Å²) in [5.41, 5.74) is 0. The molecule has 2 atom stereocenters. The highest BCUT2D eigenvalue weighted by molar-refractivity contribution is 4.78. The van der Waals surface area contributed by atoms with Crippen LogP contribution < -0.4 is 5.32 Å². The van der Waals surface area contributed by atoms with Crippen LogP contribution in [0.2, 0.25) is 0 Å². The van der Waals surface area contributed by atoms with E-state index in [1.807, 2.05) is 0 Å². The first-order chi connectivity index (χ1) is 3.30. The van der Waals surface area contributed by atoms with Crippen LogP contribution in [0.5, 0.6) is 0 Å². The van der Waals surface area contributed by atoms with Crippen LogP contribution in [0.3, 0.4) is 0 Å². The van der Waals surface area contributed by atoms with E-state index in [0.717, 1.165) is 0 Å². The fourth-order valence-electron chi connectivity index (χ4n) is 0.582. The molecule has 1 fully saturated rings. The zero-order chi connectivity index (χ0) is 5.28. The van der Waals surface area contributed by atoms with Gasteiger partial charge in [-0.2, -0.15) is 0 Å². The first-order valence-corrected chi connectivity index (χ1v) is 2.30. The Morgan fingerprint density at radius 3 is 1.71 bits per heavy atom. The van der Waals surface area contributed by atoms with Crippen molar-refractivity contribution in [3.63, 3.8) is 0 Å². The van der Waals surface area contributed by atoms with Gasteiger partial charge in [-0.1, -0.05) is 0 Å². The van der Waals surface area contributed by atoms with Gasteiger partial charge in [-0.15, -0.1) is 0 Å². The normalized spacial score (nSPS) is 42.0. The summed E-state index contributed by atoms with van der Waals surface area (Å²) < 4.78 is 0. The lowest BCUT2D eigenvalue weighted by molar-refractivity contribution is 0.0572. The molecular weight excluding hydrogens is 94.0 g/mol. The molecule has 1 rings (SSSR count). The Hall–Kier alpha value is -0.120. The summed E-state index contributed by atoms with van der Waals surface area (Å²) in [5.74, 6) is 0. The van der Waals surface area contributed by atoms with Crippen molar-refractivity contribution in [1.82, 2.24) is 5.32 Å². The monoisotopic (exact) mass is 102 g/mol. The van der Waals surface area contributed by atoms with Crippen LogP contribution in [0.15, 0.2) is 0 Å². The number of nitrogens with zero attached hydrogens (tertiary/aromatic N) is 1. The molecule has 0 spiro atoms. The standard InChI is InChI=1S/C4H8NO2/c6-3-1-5-2-4(3)7/h3-4,6-7H,1-2H2/t3-,4-/m1/s1. The van der Waals surface area contributed by atoms with Crippen LogP contribution in [0.25, 0.3) is 0 Å². The van der Waals surface area contributed by atoms with Crippen LogP contribution >= 0.6 is 0 Å². The molecule has 0 aromatic heterocycles. The lowest BCUT2D eigenvalue weighted by Crippen LogP contribution is -2.22. The Bertz CT molecular complexity index is 58.7. The Morgan fingerprint density at radius 2 is 1.57 bits per heavy atom. The van der Waals surface area contributed by atoms with Crippen molar-refractivity contribution in [3.05, 3.63) is 0 Å². The van der Waals surface area contributed by atoms with Gasteiger partial charge in [0.25, 0.3) is 0 Å². The molecule has 0 saturated carbocycles. The molecule has 3 heteroatoms. The topological polar surface area (TPSA) is 54.6 Å². The predicted octanol–water partition coefficient (Wildman–Crippen LogP) is -1.67. The first-order valence-electron chi connectivity index (χ1n) is 2.30. The van der Waals surface area contributed by atoms with Crippen molar-refractivity contribution in [2.75, 3.05) is 13.1 Å². The number of aliphatic hydroxyl groups is 2. The number of rotatable bonds is 0. The average molecular weight is 102 g/mol. The van der Waals surface area contributed by atoms with Crippen molar-refractivity contribution < 1.29 is 10.2 Å². The minimum Gasteiger partial charge on any atom is -0.389 e. The summed E-state index contributed by atoms with van der Waals surface area (Å²) in [5, 5.41) is 21.1. The van der Waals surface area contributed by atoms with Gasteiger partial charge < -0.3 is 10.2 Å². The van der Waals surface area contributed by atoms with Gasteiger partial charge in [-0.05, 0) is 0 Å². The van der Waals surface area contributed by atoms with Gasteiger partial charge in [0.1, 0.15) is 0 Å². The van der Waals surface area contributed by atoms with Gasteiger partial charge in [0.05, 0.1) is 12.2 Å². The molecule has 1 radical (unpaired) electrons. The van der Waals surface area contributed by atoms with Crippen molar-refractivity contribution in [1.29, 1.82) is 0 Å². The predicted molar refractivity (Wildman–Crippen MR) is 23.9 cm³/mol. The Balaban J connectivity index is 2.33. The molecule has 0 amide bonds. The van der Waals surface area contributed by atoms with E-state index in [-0.39, 0.29) is 0 Å². The maximum absolute atomic E-state index is 8.65. The van der Waals surface area contributed by atoms with Crippen LogP contribution in [-0.4, -0.2) is 35.5 Å². The van der Waals surface area contributed by atoms with Gasteiger partial charge in [-0.25, -0.2) is 5.32 Å². The van der Waals surface area contributed by atoms with E-state index in [1.165, 1.54) is 0 Å². The summed E-state index contributed by atoms with van der Waals surface area (Å²) in [6.45, 7) is 0.808. The second-order valence-corrected chi connectivity index (χ2v) is 1.72. The summed E-state index contributed by atoms with van der Waals surface area (Å²) in [6.07, 6.45) is -1.19. The summed E-state index contributed by atoms with van der Waals surface area (Å²) >= 11 is 0. The fourth-order valence-corrected chi connectivity index (χ4v) is 0.582. The van der Waals surface area contributed by atoms with Crippen LogP contribution in [0, 0.1) is 0 Å². The van der Waals surface area contributed by atoms with E-state index in [2.05, 4.69) is 5.32 Å². The maximum atomic E-state index is 8.65. The van der Waals surface area contributed by atoms with E-state index in [9.17, 15) is 0 Å². The minimum absolute atomic E-state index is 0.404. The maximum Gasteiger partial charge on any atom is 0.0952 e. The van der Waals surface area contributed by atoms with Gasteiger partial charge in [0.2, 0.25) is 0 Å². The minimum atomic E-state index is -0.597. The van der Waals surface area contributed by atoms with E-state index < -0.39 is 12.2 Å². The van der Waals surface area contributed by atoms with Crippen molar-refractivity contribution in [2.45, 2.75) is 12.2 Å². The average Bonchev–Trinajstić information content (AvgIpc) is 1.91. The molecule has 1 aliphatic rings. The van der Waals surface area contributed by atoms with Crippen LogP contribution in [0.1, 0.15) is 0 Å². The third-order valence-electron chi connectivity index (χ3n) is 1.08. The molecule has 0 aromatic rings. The van der Waals surface area contributed by atoms with Crippen molar-refractivity contribution in [3.8, 4) is 0 Å². The Morgan fingerprint density at radius 1 is 1.14 bits per heavy atom. The van der Waals surface area contributed by atoms with Gasteiger partial charge in [0.15, 0.2) is 0 Å². The van der Waals surface area contributed by atoms with Crippen LogP contribution in [0.4, 0.5) is 0 Å². The molecule has 0 unspecified atom stereocenters. The number of aliphatic hydroxyl groups excluding tert-OH is 2. The fraction of sp³-hybridized carbons (Fsp3) is 1.00. The van der Waals surface area contributed by atoms with E-state index >= 15 is 0 Å². The SMILES string of the molecule is O[C@@H]1C[N]C[C@H]1O. The largest absolute Gasteiger partial charge is 0.389 e. The van der Waals surface area contributed by atoms with Crippen molar-refractivity contribution >= 4 is 0 Å². The Kier molecular flexibility index (Phi) is 1.27. The molecular formula is C4H8NO2. The molecule has 2 N–H and O–H groups in total. The van der Waals surface area contributed by atoms with Crippen molar-refractivity contribution in [2.24, 2.45) is 0 Å². The molecule has 0 aromatic carbocycles. The molecule has 3 nitrogen and oxygen atoms in total. The van der Waals surface area contributed by atoms with E-state index in [4.69, 9.17) is 10.2 Å². The summed E-state index contributed by atoms with van der Waals surface area (Å²) in [7, 11) is 0. The van der Waals surface area contributed by atoms with Gasteiger partial charge >= 0.3 is 0 Å². The van der Waals surface area contributed by atoms with Gasteiger partial charge in [0, 0.05) is 13.1 Å². The zero-order valence-corrected chi connectivity index (χ0v) is 3.91. The quantitative estimate of drug-likeness (QED) is 0.384. The number of hydrogen-bond donors (Lipinski definition) is 2. The second-order valence-electron chi connectivity index (χ2n) is 1.72. The Labute approximate surface area is 42.0 Å². The highest BCUT2D eigenvalue weighted by Crippen LogP contribution is 1.98. The smallest absolute Gasteiger partial charge is 0.0952 e. The summed E-state index contributed by atoms with van der Waals surface area (Å²) in [4.78, 5) is 0. The molecule has 0 bridgehead atoms. The molecule has 1 aliphatic heterocycles. The number of hydrogen-bond acceptors (Lipinski definition) is 2. The molecule has 1 saturated heterocycles. The molecule has 1 heterocycles. The second kappa shape index (κ2) is 1.78. The lowest BCUT2D eigenvalue weighted by Gasteiger charge is -2.01. The highest BCUT2D eigenvalue weighted by Gasteiger charge is 2.22. The van der Waals surface area contributed by atoms with Gasteiger partial charge in [-0.3, -0.25) is 0 Å². The van der Waals surface area contributed by atoms with E-state index in [1.54, 1.807) is 0 Å². The zero-order valence-electron chi connectivity index (χ0n) is 3.91. The molecule has 41 valence electrons. The first kappa shape index (κ1) is 5.03. The van der Waals surface area contributed by atoms with Crippen LogP contribution in [-0.2, 0) is 0 Å². The summed E-state index contributed by atoms with van der Waals surface area (Å²) in [6, 6.07) is 0. The lowest BCUT2D eigenvalue weighted by atomic mass is 10.3. The third kappa shape index (κ3) is 0.907. The highest BCUT2D eigenvalue weighted by atomic mass is 16.3.